The van der Waals surface area contributed by atoms with Crippen molar-refractivity contribution in [1.82, 2.24) is 5.32 Å². The molecule has 2 N–H and O–H groups in total. The first-order chi connectivity index (χ1) is 10.5. The molecule has 0 aliphatic carbocycles. The van der Waals surface area contributed by atoms with Crippen LogP contribution in [-0.2, 0) is 27.5 Å². The average Bonchev–Trinajstić information content (AvgIpc) is 2.52. The summed E-state index contributed by atoms with van der Waals surface area (Å²) in [5.41, 5.74) is 0.600. The van der Waals surface area contributed by atoms with E-state index in [9.17, 15) is 19.7 Å². The maximum atomic E-state index is 11.6. The van der Waals surface area contributed by atoms with E-state index in [0.717, 1.165) is 0 Å². The molecule has 0 fully saturated rings. The number of amides is 1. The van der Waals surface area contributed by atoms with Gasteiger partial charge in [-0.1, -0.05) is 6.07 Å². The van der Waals surface area contributed by atoms with E-state index in [1.807, 2.05) is 0 Å². The Hall–Kier alpha value is -2.48. The Labute approximate surface area is 127 Å². The number of esters is 1. The first-order valence-corrected chi connectivity index (χ1v) is 6.68. The molecular formula is C14H18N2O6. The lowest BCUT2D eigenvalue weighted by atomic mass is 10.1. The largest absolute Gasteiger partial charge is 0.469 e. The summed E-state index contributed by atoms with van der Waals surface area (Å²) in [5.74, 6) is -0.624. The van der Waals surface area contributed by atoms with Gasteiger partial charge in [0, 0.05) is 25.5 Å². The Morgan fingerprint density at radius 1 is 1.36 bits per heavy atom. The van der Waals surface area contributed by atoms with Gasteiger partial charge in [-0.05, 0) is 18.1 Å². The molecule has 0 saturated carbocycles. The Balaban J connectivity index is 2.50. The Morgan fingerprint density at radius 2 is 2.09 bits per heavy atom. The second-order valence-corrected chi connectivity index (χ2v) is 4.58. The van der Waals surface area contributed by atoms with Crippen LogP contribution < -0.4 is 5.32 Å². The molecule has 0 spiro atoms. The Bertz CT molecular complexity index is 558. The molecule has 0 heterocycles. The van der Waals surface area contributed by atoms with Gasteiger partial charge in [0.1, 0.15) is 0 Å². The van der Waals surface area contributed by atoms with Crippen LogP contribution in [0, 0.1) is 10.1 Å². The Morgan fingerprint density at radius 3 is 2.68 bits per heavy atom. The highest BCUT2D eigenvalue weighted by molar-refractivity contribution is 5.77. The van der Waals surface area contributed by atoms with E-state index in [1.165, 1.54) is 19.2 Å². The van der Waals surface area contributed by atoms with Gasteiger partial charge in [-0.15, -0.1) is 0 Å². The predicted molar refractivity (Wildman–Crippen MR) is 76.7 cm³/mol. The fourth-order valence-corrected chi connectivity index (χ4v) is 1.81. The van der Waals surface area contributed by atoms with Crippen molar-refractivity contribution in [2.24, 2.45) is 0 Å². The number of benzene rings is 1. The number of carbonyl (C=O) groups is 2. The summed E-state index contributed by atoms with van der Waals surface area (Å²) in [5, 5.41) is 22.5. The zero-order valence-corrected chi connectivity index (χ0v) is 12.2. The van der Waals surface area contributed by atoms with Gasteiger partial charge in [0.2, 0.25) is 5.91 Å². The van der Waals surface area contributed by atoms with E-state index in [2.05, 4.69) is 10.1 Å². The number of methoxy groups -OCH3 is 1. The second kappa shape index (κ2) is 8.73. The van der Waals surface area contributed by atoms with Crippen molar-refractivity contribution in [2.45, 2.75) is 32.4 Å². The number of hydrogen-bond donors (Lipinski definition) is 2. The van der Waals surface area contributed by atoms with Crippen LogP contribution in [0.15, 0.2) is 18.2 Å². The number of hydrogen-bond acceptors (Lipinski definition) is 6. The number of ether oxygens (including phenoxy) is 1. The highest BCUT2D eigenvalue weighted by Crippen LogP contribution is 2.20. The maximum absolute atomic E-state index is 11.6. The van der Waals surface area contributed by atoms with Crippen molar-refractivity contribution < 1.29 is 24.4 Å². The molecule has 0 unspecified atom stereocenters. The van der Waals surface area contributed by atoms with Crippen molar-refractivity contribution >= 4 is 17.6 Å². The molecule has 0 aromatic heterocycles. The van der Waals surface area contributed by atoms with Crippen LogP contribution in [0.25, 0.3) is 0 Å². The van der Waals surface area contributed by atoms with Gasteiger partial charge < -0.3 is 15.2 Å². The van der Waals surface area contributed by atoms with Gasteiger partial charge in [-0.25, -0.2) is 0 Å². The lowest BCUT2D eigenvalue weighted by molar-refractivity contribution is -0.385. The summed E-state index contributed by atoms with van der Waals surface area (Å²) in [7, 11) is 1.28. The third-order valence-corrected chi connectivity index (χ3v) is 3.02. The van der Waals surface area contributed by atoms with Crippen LogP contribution in [0.3, 0.4) is 0 Å². The van der Waals surface area contributed by atoms with Crippen LogP contribution >= 0.6 is 0 Å². The SMILES string of the molecule is COC(=O)CCCC(=O)NCc1ccc(CO)c([N+](=O)[O-])c1. The van der Waals surface area contributed by atoms with Gasteiger partial charge in [-0.3, -0.25) is 19.7 Å². The first kappa shape index (κ1) is 17.6. The number of rotatable bonds is 8. The van der Waals surface area contributed by atoms with Crippen LogP contribution in [0.4, 0.5) is 5.69 Å². The Kier molecular flexibility index (Phi) is 6.97. The minimum Gasteiger partial charge on any atom is -0.469 e. The minimum absolute atomic E-state index is 0.142. The summed E-state index contributed by atoms with van der Waals surface area (Å²) < 4.78 is 4.46. The molecule has 1 amide bonds. The summed E-state index contributed by atoms with van der Waals surface area (Å²) in [6, 6.07) is 4.38. The lowest BCUT2D eigenvalue weighted by Gasteiger charge is -2.06. The maximum Gasteiger partial charge on any atom is 0.305 e. The third kappa shape index (κ3) is 5.49. The van der Waals surface area contributed by atoms with E-state index >= 15 is 0 Å². The number of nitro benzene ring substituents is 1. The summed E-state index contributed by atoms with van der Waals surface area (Å²) in [6.07, 6.45) is 0.717. The van der Waals surface area contributed by atoms with E-state index in [1.54, 1.807) is 6.07 Å². The molecule has 120 valence electrons. The number of nitro groups is 1. The molecule has 1 aromatic carbocycles. The molecule has 22 heavy (non-hydrogen) atoms. The van der Waals surface area contributed by atoms with Crippen molar-refractivity contribution in [3.63, 3.8) is 0 Å². The van der Waals surface area contributed by atoms with E-state index in [-0.39, 0.29) is 42.5 Å². The number of nitrogens with one attached hydrogen (secondary N) is 1. The average molecular weight is 310 g/mol. The molecule has 0 aliphatic rings. The van der Waals surface area contributed by atoms with Crippen molar-refractivity contribution in [2.75, 3.05) is 7.11 Å². The number of aliphatic hydroxyl groups is 1. The topological polar surface area (TPSA) is 119 Å². The van der Waals surface area contributed by atoms with Crippen molar-refractivity contribution in [1.29, 1.82) is 0 Å². The normalized spacial score (nSPS) is 10.1. The van der Waals surface area contributed by atoms with Gasteiger partial charge in [0.15, 0.2) is 0 Å². The molecular weight excluding hydrogens is 292 g/mol. The molecule has 8 nitrogen and oxygen atoms in total. The monoisotopic (exact) mass is 310 g/mol. The summed E-state index contributed by atoms with van der Waals surface area (Å²) in [6.45, 7) is -0.278. The molecule has 0 saturated heterocycles. The molecule has 0 aliphatic heterocycles. The van der Waals surface area contributed by atoms with Crippen LogP contribution in [0.1, 0.15) is 30.4 Å². The van der Waals surface area contributed by atoms with Crippen LogP contribution in [-0.4, -0.2) is 29.0 Å². The summed E-state index contributed by atoms with van der Waals surface area (Å²) in [4.78, 5) is 32.8. The van der Waals surface area contributed by atoms with Gasteiger partial charge >= 0.3 is 5.97 Å². The molecule has 8 heteroatoms. The molecule has 0 radical (unpaired) electrons. The van der Waals surface area contributed by atoms with Crippen molar-refractivity contribution in [3.8, 4) is 0 Å². The van der Waals surface area contributed by atoms with Gasteiger partial charge in [-0.2, -0.15) is 0 Å². The van der Waals surface area contributed by atoms with Crippen molar-refractivity contribution in [3.05, 3.63) is 39.4 Å². The molecule has 0 atom stereocenters. The molecule has 1 rings (SSSR count). The van der Waals surface area contributed by atoms with E-state index in [4.69, 9.17) is 5.11 Å². The minimum atomic E-state index is -0.576. The number of aliphatic hydroxyl groups excluding tert-OH is 1. The third-order valence-electron chi connectivity index (χ3n) is 3.02. The number of nitrogens with zero attached hydrogens (tertiary/aromatic N) is 1. The van der Waals surface area contributed by atoms with Gasteiger partial charge in [0.05, 0.1) is 24.2 Å². The van der Waals surface area contributed by atoms with Crippen LogP contribution in [0.2, 0.25) is 0 Å². The fourth-order valence-electron chi connectivity index (χ4n) is 1.81. The molecule has 0 bridgehead atoms. The zero-order valence-electron chi connectivity index (χ0n) is 12.2. The van der Waals surface area contributed by atoms with Gasteiger partial charge in [0.25, 0.3) is 5.69 Å². The highest BCUT2D eigenvalue weighted by Gasteiger charge is 2.14. The fraction of sp³-hybridized carbons (Fsp3) is 0.429. The van der Waals surface area contributed by atoms with E-state index in [0.29, 0.717) is 12.0 Å². The standard InChI is InChI=1S/C14H18N2O6/c1-22-14(19)4-2-3-13(18)15-8-10-5-6-11(9-17)12(7-10)16(20)21/h5-7,17H,2-4,8-9H2,1H3,(H,15,18). The lowest BCUT2D eigenvalue weighted by Crippen LogP contribution is -2.22. The zero-order chi connectivity index (χ0) is 16.5. The first-order valence-electron chi connectivity index (χ1n) is 6.68. The highest BCUT2D eigenvalue weighted by atomic mass is 16.6. The summed E-state index contributed by atoms with van der Waals surface area (Å²) >= 11 is 0. The van der Waals surface area contributed by atoms with E-state index < -0.39 is 11.5 Å². The number of carbonyl (C=O) groups excluding carboxylic acids is 2. The predicted octanol–water partition coefficient (Wildman–Crippen LogP) is 1.05. The second-order valence-electron chi connectivity index (χ2n) is 4.58. The quantitative estimate of drug-likeness (QED) is 0.421. The van der Waals surface area contributed by atoms with Crippen LogP contribution in [0.5, 0.6) is 0 Å². The smallest absolute Gasteiger partial charge is 0.305 e. The molecule has 1 aromatic rings.